The van der Waals surface area contributed by atoms with E-state index in [1.807, 2.05) is 31.2 Å². The van der Waals surface area contributed by atoms with Crippen molar-refractivity contribution in [3.63, 3.8) is 0 Å². The Morgan fingerprint density at radius 1 is 1.14 bits per heavy atom. The minimum atomic E-state index is -0.433. The molecule has 2 N–H and O–H groups in total. The van der Waals surface area contributed by atoms with E-state index in [1.165, 1.54) is 17.7 Å². The van der Waals surface area contributed by atoms with Crippen LogP contribution in [0.2, 0.25) is 0 Å². The first-order valence-corrected chi connectivity index (χ1v) is 6.80. The van der Waals surface area contributed by atoms with Gasteiger partial charge in [0.25, 0.3) is 5.69 Å². The minimum Gasteiger partial charge on any atom is -0.358 e. The lowest BCUT2D eigenvalue weighted by Gasteiger charge is -2.10. The lowest BCUT2D eigenvalue weighted by Crippen LogP contribution is -2.27. The van der Waals surface area contributed by atoms with Crippen molar-refractivity contribution in [2.24, 2.45) is 0 Å². The molecule has 0 heterocycles. The lowest BCUT2D eigenvalue weighted by molar-refractivity contribution is -0.384. The normalized spacial score (nSPS) is 9.95. The number of benzene rings is 2. The van der Waals surface area contributed by atoms with Crippen molar-refractivity contribution >= 4 is 28.7 Å². The van der Waals surface area contributed by atoms with Crippen molar-refractivity contribution in [2.45, 2.75) is 13.5 Å². The molecule has 0 saturated heterocycles. The van der Waals surface area contributed by atoms with E-state index in [1.54, 1.807) is 12.1 Å². The highest BCUT2D eigenvalue weighted by Crippen LogP contribution is 2.15. The van der Waals surface area contributed by atoms with Crippen LogP contribution < -0.4 is 10.6 Å². The summed E-state index contributed by atoms with van der Waals surface area (Å²) in [7, 11) is 0. The van der Waals surface area contributed by atoms with E-state index in [0.29, 0.717) is 17.3 Å². The summed E-state index contributed by atoms with van der Waals surface area (Å²) in [5.74, 6) is 0. The van der Waals surface area contributed by atoms with Gasteiger partial charge in [0.05, 0.1) is 4.92 Å². The van der Waals surface area contributed by atoms with Gasteiger partial charge in [-0.25, -0.2) is 0 Å². The molecule has 0 saturated carbocycles. The third-order valence-electron chi connectivity index (χ3n) is 2.91. The minimum absolute atomic E-state index is 0.0547. The first-order valence-electron chi connectivity index (χ1n) is 6.39. The number of nitro groups is 1. The van der Waals surface area contributed by atoms with E-state index >= 15 is 0 Å². The largest absolute Gasteiger partial charge is 0.358 e. The molecule has 0 unspecified atom stereocenters. The number of nitrogens with one attached hydrogen (secondary N) is 2. The van der Waals surface area contributed by atoms with Crippen LogP contribution in [0.1, 0.15) is 11.1 Å². The van der Waals surface area contributed by atoms with Crippen molar-refractivity contribution in [1.29, 1.82) is 0 Å². The van der Waals surface area contributed by atoms with Gasteiger partial charge in [-0.15, -0.1) is 0 Å². The number of aryl methyl sites for hydroxylation is 1. The number of hydrogen-bond donors (Lipinski definition) is 2. The van der Waals surface area contributed by atoms with Gasteiger partial charge in [0.15, 0.2) is 5.11 Å². The van der Waals surface area contributed by atoms with Gasteiger partial charge in [-0.1, -0.05) is 29.8 Å². The Labute approximate surface area is 128 Å². The number of non-ortho nitro benzene ring substituents is 1. The average molecular weight is 301 g/mol. The molecule has 2 rings (SSSR count). The number of rotatable bonds is 4. The summed E-state index contributed by atoms with van der Waals surface area (Å²) in [5, 5.41) is 17.1. The third kappa shape index (κ3) is 4.54. The summed E-state index contributed by atoms with van der Waals surface area (Å²) >= 11 is 5.19. The van der Waals surface area contributed by atoms with E-state index < -0.39 is 4.92 Å². The van der Waals surface area contributed by atoms with Crippen LogP contribution in [0.15, 0.2) is 48.5 Å². The molecule has 21 heavy (non-hydrogen) atoms. The molecule has 0 atom stereocenters. The zero-order valence-corrected chi connectivity index (χ0v) is 12.3. The van der Waals surface area contributed by atoms with E-state index in [2.05, 4.69) is 10.6 Å². The molecule has 0 spiro atoms. The monoisotopic (exact) mass is 301 g/mol. The second kappa shape index (κ2) is 6.81. The number of nitrogens with zero attached hydrogens (tertiary/aromatic N) is 1. The molecule has 0 aliphatic rings. The number of nitro benzene ring substituents is 1. The second-order valence-corrected chi connectivity index (χ2v) is 5.01. The summed E-state index contributed by atoms with van der Waals surface area (Å²) in [6.45, 7) is 2.66. The van der Waals surface area contributed by atoms with Gasteiger partial charge in [0.2, 0.25) is 0 Å². The van der Waals surface area contributed by atoms with E-state index in [9.17, 15) is 10.1 Å². The van der Waals surface area contributed by atoms with E-state index in [4.69, 9.17) is 12.2 Å². The van der Waals surface area contributed by atoms with Crippen molar-refractivity contribution in [2.75, 3.05) is 5.32 Å². The Bertz CT molecular complexity index is 639. The predicted octanol–water partition coefficient (Wildman–Crippen LogP) is 3.39. The van der Waals surface area contributed by atoms with Gasteiger partial charge in [-0.05, 0) is 36.8 Å². The molecule has 2 aromatic rings. The van der Waals surface area contributed by atoms with Gasteiger partial charge in [0, 0.05) is 24.4 Å². The fraction of sp³-hybridized carbons (Fsp3) is 0.133. The van der Waals surface area contributed by atoms with Gasteiger partial charge in [-0.2, -0.15) is 0 Å². The molecule has 0 amide bonds. The SMILES string of the molecule is Cc1ccc(CNC(=S)Nc2ccc([N+](=O)[O-])cc2)cc1. The average Bonchev–Trinajstić information content (AvgIpc) is 2.47. The fourth-order valence-corrected chi connectivity index (χ4v) is 1.92. The molecule has 0 bridgehead atoms. The van der Waals surface area contributed by atoms with Crippen LogP contribution >= 0.6 is 12.2 Å². The van der Waals surface area contributed by atoms with Crippen LogP contribution in [-0.4, -0.2) is 10.0 Å². The Balaban J connectivity index is 1.86. The molecule has 0 aromatic heterocycles. The second-order valence-electron chi connectivity index (χ2n) is 4.60. The molecule has 108 valence electrons. The topological polar surface area (TPSA) is 67.2 Å². The Morgan fingerprint density at radius 3 is 2.33 bits per heavy atom. The maximum absolute atomic E-state index is 10.6. The summed E-state index contributed by atoms with van der Waals surface area (Å²) < 4.78 is 0. The first-order chi connectivity index (χ1) is 10.0. The summed E-state index contributed by atoms with van der Waals surface area (Å²) in [6.07, 6.45) is 0. The summed E-state index contributed by atoms with van der Waals surface area (Å²) in [5.41, 5.74) is 3.11. The lowest BCUT2D eigenvalue weighted by atomic mass is 10.1. The molecular formula is C15H15N3O2S. The highest BCUT2D eigenvalue weighted by molar-refractivity contribution is 7.80. The zero-order chi connectivity index (χ0) is 15.2. The van der Waals surface area contributed by atoms with Gasteiger partial charge < -0.3 is 10.6 Å². The van der Waals surface area contributed by atoms with Crippen LogP contribution in [-0.2, 0) is 6.54 Å². The fourth-order valence-electron chi connectivity index (χ4n) is 1.73. The maximum Gasteiger partial charge on any atom is 0.269 e. The van der Waals surface area contributed by atoms with Crippen LogP contribution in [0.3, 0.4) is 0 Å². The smallest absolute Gasteiger partial charge is 0.269 e. The summed E-state index contributed by atoms with van der Waals surface area (Å²) in [4.78, 5) is 10.1. The number of thiocarbonyl (C=S) groups is 1. The standard InChI is InChI=1S/C15H15N3O2S/c1-11-2-4-12(5-3-11)10-16-15(21)17-13-6-8-14(9-7-13)18(19)20/h2-9H,10H2,1H3,(H2,16,17,21). The van der Waals surface area contributed by atoms with Crippen LogP contribution in [0.4, 0.5) is 11.4 Å². The van der Waals surface area contributed by atoms with E-state index in [0.717, 1.165) is 5.56 Å². The van der Waals surface area contributed by atoms with Crippen molar-refractivity contribution in [3.8, 4) is 0 Å². The molecule has 0 radical (unpaired) electrons. The molecular weight excluding hydrogens is 286 g/mol. The molecule has 5 nitrogen and oxygen atoms in total. The van der Waals surface area contributed by atoms with Crippen molar-refractivity contribution in [1.82, 2.24) is 5.32 Å². The zero-order valence-electron chi connectivity index (χ0n) is 11.5. The van der Waals surface area contributed by atoms with Gasteiger partial charge in [-0.3, -0.25) is 10.1 Å². The van der Waals surface area contributed by atoms with Crippen molar-refractivity contribution < 1.29 is 4.92 Å². The van der Waals surface area contributed by atoms with Crippen molar-refractivity contribution in [3.05, 3.63) is 69.8 Å². The molecule has 0 aliphatic carbocycles. The Hall–Kier alpha value is -2.47. The maximum atomic E-state index is 10.6. The molecule has 0 aliphatic heterocycles. The highest BCUT2D eigenvalue weighted by Gasteiger charge is 2.04. The Kier molecular flexibility index (Phi) is 4.84. The molecule has 0 fully saturated rings. The predicted molar refractivity (Wildman–Crippen MR) is 87.3 cm³/mol. The van der Waals surface area contributed by atoms with Crippen LogP contribution in [0, 0.1) is 17.0 Å². The van der Waals surface area contributed by atoms with Crippen LogP contribution in [0.5, 0.6) is 0 Å². The number of anilines is 1. The molecule has 2 aromatic carbocycles. The molecule has 6 heteroatoms. The first kappa shape index (κ1) is 14.9. The van der Waals surface area contributed by atoms with Crippen LogP contribution in [0.25, 0.3) is 0 Å². The van der Waals surface area contributed by atoms with Gasteiger partial charge >= 0.3 is 0 Å². The quantitative estimate of drug-likeness (QED) is 0.515. The van der Waals surface area contributed by atoms with Gasteiger partial charge in [0.1, 0.15) is 0 Å². The van der Waals surface area contributed by atoms with E-state index in [-0.39, 0.29) is 5.69 Å². The third-order valence-corrected chi connectivity index (χ3v) is 3.16. The Morgan fingerprint density at radius 2 is 1.76 bits per heavy atom. The summed E-state index contributed by atoms with van der Waals surface area (Å²) in [6, 6.07) is 14.3. The number of hydrogen-bond acceptors (Lipinski definition) is 3. The highest BCUT2D eigenvalue weighted by atomic mass is 32.1.